The largest absolute Gasteiger partial charge is 0.379 e. The Kier molecular flexibility index (Phi) is 11.3. The van der Waals surface area contributed by atoms with Crippen LogP contribution in [0.15, 0.2) is 0 Å². The molecule has 8 nitrogen and oxygen atoms in total. The third-order valence-corrected chi connectivity index (χ3v) is 7.06. The number of likely N-dealkylation sites (N-methyl/N-ethyl adjacent to an activating group) is 1. The van der Waals surface area contributed by atoms with Crippen LogP contribution >= 0.6 is 0 Å². The molecule has 0 aromatic rings. The minimum Gasteiger partial charge on any atom is -0.379 e. The van der Waals surface area contributed by atoms with Gasteiger partial charge in [0, 0.05) is 26.2 Å². The first kappa shape index (κ1) is 23.7. The monoisotopic (exact) mass is 388 g/mol. The van der Waals surface area contributed by atoms with E-state index < -0.39 is 25.1 Å². The molecule has 10 heteroatoms. The molecule has 0 rings (SSSR count). The minimum absolute atomic E-state index is 0.0613. The summed E-state index contributed by atoms with van der Waals surface area (Å²) < 4.78 is 58.6. The lowest BCUT2D eigenvalue weighted by molar-refractivity contribution is 0.136. The van der Waals surface area contributed by atoms with Crippen molar-refractivity contribution >= 4 is 19.9 Å². The summed E-state index contributed by atoms with van der Waals surface area (Å²) in [6, 6.07) is 0.324. The molecule has 24 heavy (non-hydrogen) atoms. The molecule has 0 fully saturated rings. The van der Waals surface area contributed by atoms with Crippen LogP contribution in [-0.2, 0) is 29.3 Å². The molecule has 0 amide bonds. The normalized spacial score (nSPS) is 13.3. The number of rotatable bonds is 14. The van der Waals surface area contributed by atoms with Crippen molar-refractivity contribution in [1.29, 1.82) is 0 Å². The maximum atomic E-state index is 12.0. The van der Waals surface area contributed by atoms with Gasteiger partial charge in [-0.1, -0.05) is 13.8 Å². The van der Waals surface area contributed by atoms with Crippen molar-refractivity contribution in [2.24, 2.45) is 0 Å². The van der Waals surface area contributed by atoms with Crippen molar-refractivity contribution in [2.45, 2.75) is 39.0 Å². The number of hydrogen-bond acceptors (Lipinski definition) is 7. The molecule has 0 saturated carbocycles. The Morgan fingerprint density at radius 3 is 2.12 bits per heavy atom. The van der Waals surface area contributed by atoms with Crippen LogP contribution in [0.1, 0.15) is 27.7 Å². The van der Waals surface area contributed by atoms with Gasteiger partial charge in [0.05, 0.1) is 30.8 Å². The Labute approximate surface area is 146 Å². The van der Waals surface area contributed by atoms with E-state index in [0.29, 0.717) is 19.2 Å². The first-order valence-electron chi connectivity index (χ1n) is 8.03. The molecule has 146 valence electrons. The fourth-order valence-corrected chi connectivity index (χ4v) is 3.20. The number of ether oxygens (including phenoxy) is 2. The Balaban J connectivity index is 3.94. The van der Waals surface area contributed by atoms with Gasteiger partial charge in [0.1, 0.15) is 0 Å². The Hall–Kier alpha value is -0.260. The van der Waals surface area contributed by atoms with Crippen LogP contribution in [-0.4, -0.2) is 84.1 Å². The summed E-state index contributed by atoms with van der Waals surface area (Å²) in [5, 5.41) is 2.69. The first-order valence-corrected chi connectivity index (χ1v) is 11.4. The lowest BCUT2D eigenvalue weighted by atomic mass is 10.4. The fraction of sp³-hybridized carbons (Fsp3) is 1.00. The van der Waals surface area contributed by atoms with Gasteiger partial charge in [0.2, 0.25) is 10.0 Å². The van der Waals surface area contributed by atoms with E-state index in [4.69, 9.17) is 9.47 Å². The van der Waals surface area contributed by atoms with Crippen molar-refractivity contribution in [3.8, 4) is 0 Å². The molecule has 0 atom stereocenters. The zero-order chi connectivity index (χ0) is 18.8. The maximum Gasteiger partial charge on any atom is 0.238 e. The van der Waals surface area contributed by atoms with Crippen molar-refractivity contribution in [3.63, 3.8) is 0 Å². The van der Waals surface area contributed by atoms with Crippen LogP contribution < -0.4 is 5.32 Å². The number of hydrogen-bond donors (Lipinski definition) is 1. The molecule has 1 N–H and O–H groups in total. The second-order valence-electron chi connectivity index (χ2n) is 6.10. The van der Waals surface area contributed by atoms with E-state index in [9.17, 15) is 16.8 Å². The highest BCUT2D eigenvalue weighted by molar-refractivity contribution is 7.92. The van der Waals surface area contributed by atoms with Crippen molar-refractivity contribution in [3.05, 3.63) is 0 Å². The average molecular weight is 389 g/mol. The molecule has 0 aliphatic heterocycles. The Morgan fingerprint density at radius 1 is 0.958 bits per heavy atom. The first-order chi connectivity index (χ1) is 11.0. The van der Waals surface area contributed by atoms with Gasteiger partial charge < -0.3 is 14.8 Å². The molecule has 0 spiro atoms. The van der Waals surface area contributed by atoms with E-state index in [0.717, 1.165) is 4.31 Å². The summed E-state index contributed by atoms with van der Waals surface area (Å²) in [7, 11) is -5.20. The third kappa shape index (κ3) is 10.6. The average Bonchev–Trinajstić information content (AvgIpc) is 2.45. The molecule has 0 saturated heterocycles. The Bertz CT molecular complexity index is 531. The van der Waals surface area contributed by atoms with Gasteiger partial charge in [-0.2, -0.15) is 0 Å². The quantitative estimate of drug-likeness (QED) is 0.420. The second kappa shape index (κ2) is 11.4. The highest BCUT2D eigenvalue weighted by atomic mass is 32.2. The molecule has 0 aromatic carbocycles. The summed E-state index contributed by atoms with van der Waals surface area (Å²) in [5.74, 6) is -0.446. The molecular formula is C14H32N2O6S2. The van der Waals surface area contributed by atoms with Gasteiger partial charge in [-0.3, -0.25) is 0 Å². The third-order valence-electron chi connectivity index (χ3n) is 3.29. The summed E-state index contributed by atoms with van der Waals surface area (Å²) in [4.78, 5) is 0. The second-order valence-corrected chi connectivity index (χ2v) is 10.8. The van der Waals surface area contributed by atoms with E-state index in [2.05, 4.69) is 5.32 Å². The summed E-state index contributed by atoms with van der Waals surface area (Å²) in [5.41, 5.74) is 0. The zero-order valence-electron chi connectivity index (χ0n) is 15.3. The van der Waals surface area contributed by atoms with E-state index >= 15 is 0 Å². The van der Waals surface area contributed by atoms with Gasteiger partial charge in [-0.15, -0.1) is 0 Å². The summed E-state index contributed by atoms with van der Waals surface area (Å²) in [6.45, 7) is 8.48. The molecule has 0 aromatic heterocycles. The van der Waals surface area contributed by atoms with Gasteiger partial charge in [-0.25, -0.2) is 21.1 Å². The summed E-state index contributed by atoms with van der Waals surface area (Å²) in [6.07, 6.45) is 0. The molecule has 0 heterocycles. The number of sulfonamides is 1. The zero-order valence-corrected chi connectivity index (χ0v) is 17.0. The van der Waals surface area contributed by atoms with Crippen LogP contribution in [0, 0.1) is 0 Å². The number of nitrogens with one attached hydrogen (secondary N) is 1. The van der Waals surface area contributed by atoms with Crippen LogP contribution in [0.2, 0.25) is 0 Å². The molecule has 0 bridgehead atoms. The van der Waals surface area contributed by atoms with E-state index in [1.165, 1.54) is 7.05 Å². The van der Waals surface area contributed by atoms with Crippen LogP contribution in [0.25, 0.3) is 0 Å². The van der Waals surface area contributed by atoms with E-state index in [1.807, 2.05) is 13.8 Å². The SMILES string of the molecule is CC(C)NCCOCS(=O)(=O)N(C)CCOCCS(=O)(=O)C(C)C. The standard InChI is InChI=1S/C14H32N2O6S2/c1-13(2)15-6-8-22-12-24(19,20)16(5)7-9-21-10-11-23(17,18)14(3)4/h13-15H,6-12H2,1-5H3. The fourth-order valence-electron chi connectivity index (χ4n) is 1.52. The lowest BCUT2D eigenvalue weighted by Crippen LogP contribution is -2.34. The molecule has 0 aliphatic carbocycles. The predicted octanol–water partition coefficient (Wildman–Crippen LogP) is 0.0599. The van der Waals surface area contributed by atoms with E-state index in [-0.39, 0.29) is 31.5 Å². The highest BCUT2D eigenvalue weighted by Gasteiger charge is 2.18. The van der Waals surface area contributed by atoms with Gasteiger partial charge in [0.25, 0.3) is 0 Å². The highest BCUT2D eigenvalue weighted by Crippen LogP contribution is 2.01. The Morgan fingerprint density at radius 2 is 1.58 bits per heavy atom. The number of nitrogens with zero attached hydrogens (tertiary/aromatic N) is 1. The van der Waals surface area contributed by atoms with Crippen LogP contribution in [0.5, 0.6) is 0 Å². The van der Waals surface area contributed by atoms with Gasteiger partial charge in [-0.05, 0) is 13.8 Å². The summed E-state index contributed by atoms with van der Waals surface area (Å²) >= 11 is 0. The molecule has 0 radical (unpaired) electrons. The lowest BCUT2D eigenvalue weighted by Gasteiger charge is -2.17. The number of sulfone groups is 1. The topological polar surface area (TPSA) is 102 Å². The van der Waals surface area contributed by atoms with Gasteiger partial charge in [0.15, 0.2) is 15.8 Å². The van der Waals surface area contributed by atoms with E-state index in [1.54, 1.807) is 13.8 Å². The van der Waals surface area contributed by atoms with Gasteiger partial charge >= 0.3 is 0 Å². The smallest absolute Gasteiger partial charge is 0.238 e. The minimum atomic E-state index is -3.50. The predicted molar refractivity (Wildman–Crippen MR) is 95.2 cm³/mol. The van der Waals surface area contributed by atoms with Crippen molar-refractivity contribution in [2.75, 3.05) is 51.6 Å². The van der Waals surface area contributed by atoms with Crippen LogP contribution in [0.3, 0.4) is 0 Å². The molecule has 0 unspecified atom stereocenters. The maximum absolute atomic E-state index is 12.0. The van der Waals surface area contributed by atoms with Crippen LogP contribution in [0.4, 0.5) is 0 Å². The molecular weight excluding hydrogens is 356 g/mol. The van der Waals surface area contributed by atoms with Crippen molar-refractivity contribution in [1.82, 2.24) is 9.62 Å². The molecule has 0 aliphatic rings. The van der Waals surface area contributed by atoms with Crippen molar-refractivity contribution < 1.29 is 26.3 Å².